The summed E-state index contributed by atoms with van der Waals surface area (Å²) >= 11 is 0. The first-order valence-electron chi connectivity index (χ1n) is 3.71. The van der Waals surface area contributed by atoms with Crippen molar-refractivity contribution in [2.45, 2.75) is 13.8 Å². The van der Waals surface area contributed by atoms with Crippen molar-refractivity contribution in [2.75, 3.05) is 20.7 Å². The molecule has 0 atom stereocenters. The SMILES string of the molecule is CC=C(C=NN(C)C)OCC. The molecule has 11 heavy (non-hydrogen) atoms. The zero-order valence-corrected chi connectivity index (χ0v) is 7.66. The van der Waals surface area contributed by atoms with Crippen molar-refractivity contribution < 1.29 is 4.74 Å². The van der Waals surface area contributed by atoms with E-state index in [2.05, 4.69) is 5.10 Å². The van der Waals surface area contributed by atoms with Crippen molar-refractivity contribution in [3.63, 3.8) is 0 Å². The maximum Gasteiger partial charge on any atom is 0.135 e. The highest BCUT2D eigenvalue weighted by Crippen LogP contribution is 1.92. The van der Waals surface area contributed by atoms with Gasteiger partial charge in [0.15, 0.2) is 0 Å². The molecule has 0 aliphatic heterocycles. The van der Waals surface area contributed by atoms with E-state index in [4.69, 9.17) is 4.74 Å². The average molecular weight is 156 g/mol. The molecule has 64 valence electrons. The van der Waals surface area contributed by atoms with E-state index < -0.39 is 0 Å². The van der Waals surface area contributed by atoms with Crippen LogP contribution in [0.3, 0.4) is 0 Å². The lowest BCUT2D eigenvalue weighted by atomic mass is 10.5. The first-order chi connectivity index (χ1) is 5.20. The molecule has 0 bridgehead atoms. The van der Waals surface area contributed by atoms with Gasteiger partial charge in [-0.1, -0.05) is 0 Å². The van der Waals surface area contributed by atoms with E-state index in [1.54, 1.807) is 11.2 Å². The fourth-order valence-corrected chi connectivity index (χ4v) is 0.534. The van der Waals surface area contributed by atoms with Crippen LogP contribution in [0.5, 0.6) is 0 Å². The van der Waals surface area contributed by atoms with Crippen molar-refractivity contribution >= 4 is 6.21 Å². The van der Waals surface area contributed by atoms with Gasteiger partial charge in [-0.3, -0.25) is 0 Å². The third-order valence-corrected chi connectivity index (χ3v) is 1.01. The van der Waals surface area contributed by atoms with Gasteiger partial charge >= 0.3 is 0 Å². The third-order valence-electron chi connectivity index (χ3n) is 1.01. The van der Waals surface area contributed by atoms with Gasteiger partial charge in [0.1, 0.15) is 5.76 Å². The Bertz CT molecular complexity index is 150. The lowest BCUT2D eigenvalue weighted by Crippen LogP contribution is -2.03. The van der Waals surface area contributed by atoms with Gasteiger partial charge in [0.05, 0.1) is 12.8 Å². The molecule has 0 saturated carbocycles. The number of hydrogen-bond donors (Lipinski definition) is 0. The summed E-state index contributed by atoms with van der Waals surface area (Å²) in [5.74, 6) is 0.807. The summed E-state index contributed by atoms with van der Waals surface area (Å²) in [5, 5.41) is 5.75. The highest BCUT2D eigenvalue weighted by atomic mass is 16.5. The summed E-state index contributed by atoms with van der Waals surface area (Å²) in [4.78, 5) is 0. The molecule has 0 amide bonds. The minimum Gasteiger partial charge on any atom is -0.493 e. The fraction of sp³-hybridized carbons (Fsp3) is 0.625. The minimum absolute atomic E-state index is 0.680. The molecule has 3 heteroatoms. The van der Waals surface area contributed by atoms with Gasteiger partial charge in [-0.05, 0) is 19.9 Å². The highest BCUT2D eigenvalue weighted by Gasteiger charge is 1.88. The zero-order chi connectivity index (χ0) is 8.69. The molecule has 0 radical (unpaired) electrons. The molecule has 0 aromatic heterocycles. The number of nitrogens with zero attached hydrogens (tertiary/aromatic N) is 2. The number of ether oxygens (including phenoxy) is 1. The largest absolute Gasteiger partial charge is 0.493 e. The van der Waals surface area contributed by atoms with Crippen molar-refractivity contribution in [1.29, 1.82) is 0 Å². The highest BCUT2D eigenvalue weighted by molar-refractivity contribution is 5.75. The lowest BCUT2D eigenvalue weighted by Gasteiger charge is -2.05. The van der Waals surface area contributed by atoms with E-state index in [0.717, 1.165) is 5.76 Å². The first kappa shape index (κ1) is 10.0. The van der Waals surface area contributed by atoms with Gasteiger partial charge in [-0.2, -0.15) is 5.10 Å². The van der Waals surface area contributed by atoms with Crippen LogP contribution in [0.2, 0.25) is 0 Å². The topological polar surface area (TPSA) is 24.8 Å². The Balaban J connectivity index is 3.88. The summed E-state index contributed by atoms with van der Waals surface area (Å²) in [6.45, 7) is 4.55. The van der Waals surface area contributed by atoms with E-state index in [9.17, 15) is 0 Å². The summed E-state index contributed by atoms with van der Waals surface area (Å²) in [6.07, 6.45) is 3.58. The molecule has 0 spiro atoms. The molecule has 0 N–H and O–H groups in total. The number of allylic oxidation sites excluding steroid dienone is 2. The van der Waals surface area contributed by atoms with Crippen molar-refractivity contribution in [3.05, 3.63) is 11.8 Å². The van der Waals surface area contributed by atoms with Crippen molar-refractivity contribution in [3.8, 4) is 0 Å². The average Bonchev–Trinajstić information content (AvgIpc) is 1.97. The second-order valence-corrected chi connectivity index (χ2v) is 2.22. The maximum absolute atomic E-state index is 5.23. The van der Waals surface area contributed by atoms with Gasteiger partial charge in [0.2, 0.25) is 0 Å². The molecule has 0 rings (SSSR count). The van der Waals surface area contributed by atoms with Gasteiger partial charge < -0.3 is 9.75 Å². The van der Waals surface area contributed by atoms with Crippen LogP contribution in [0, 0.1) is 0 Å². The molecule has 0 aromatic rings. The molecular formula is C8H16N2O. The zero-order valence-electron chi connectivity index (χ0n) is 7.66. The molecule has 0 aliphatic rings. The Morgan fingerprint density at radius 3 is 2.55 bits per heavy atom. The molecule has 0 aromatic carbocycles. The quantitative estimate of drug-likeness (QED) is 0.350. The summed E-state index contributed by atoms with van der Waals surface area (Å²) in [7, 11) is 3.74. The summed E-state index contributed by atoms with van der Waals surface area (Å²) < 4.78 is 5.23. The lowest BCUT2D eigenvalue weighted by molar-refractivity contribution is 0.249. The van der Waals surface area contributed by atoms with Crippen LogP contribution in [-0.2, 0) is 4.74 Å². The van der Waals surface area contributed by atoms with Crippen LogP contribution in [0.15, 0.2) is 16.9 Å². The van der Waals surface area contributed by atoms with Crippen LogP contribution in [0.4, 0.5) is 0 Å². The molecule has 0 unspecified atom stereocenters. The molecule has 0 fully saturated rings. The Morgan fingerprint density at radius 1 is 1.55 bits per heavy atom. The van der Waals surface area contributed by atoms with E-state index in [1.165, 1.54) is 0 Å². The smallest absolute Gasteiger partial charge is 0.135 e. The second kappa shape index (κ2) is 5.77. The normalized spacial score (nSPS) is 12.2. The Morgan fingerprint density at radius 2 is 2.18 bits per heavy atom. The minimum atomic E-state index is 0.680. The predicted octanol–water partition coefficient (Wildman–Crippen LogP) is 1.47. The number of hydrogen-bond acceptors (Lipinski definition) is 3. The summed E-state index contributed by atoms with van der Waals surface area (Å²) in [5.41, 5.74) is 0. The van der Waals surface area contributed by atoms with Gasteiger partial charge in [0, 0.05) is 14.1 Å². The summed E-state index contributed by atoms with van der Waals surface area (Å²) in [6, 6.07) is 0. The number of hydrazone groups is 1. The van der Waals surface area contributed by atoms with Gasteiger partial charge in [-0.25, -0.2) is 0 Å². The van der Waals surface area contributed by atoms with Gasteiger partial charge in [-0.15, -0.1) is 0 Å². The monoisotopic (exact) mass is 156 g/mol. The predicted molar refractivity (Wildman–Crippen MR) is 47.6 cm³/mol. The standard InChI is InChI=1S/C8H16N2O/c1-5-8(11-6-2)7-9-10(3)4/h5,7H,6H2,1-4H3. The van der Waals surface area contributed by atoms with Crippen LogP contribution in [0.1, 0.15) is 13.8 Å². The van der Waals surface area contributed by atoms with Crippen molar-refractivity contribution in [1.82, 2.24) is 5.01 Å². The molecule has 0 heterocycles. The maximum atomic E-state index is 5.23. The Hall–Kier alpha value is -0.990. The van der Waals surface area contributed by atoms with Crippen LogP contribution in [-0.4, -0.2) is 31.9 Å². The third kappa shape index (κ3) is 5.45. The Kier molecular flexibility index (Phi) is 5.25. The molecular weight excluding hydrogens is 140 g/mol. The fourth-order valence-electron chi connectivity index (χ4n) is 0.534. The second-order valence-electron chi connectivity index (χ2n) is 2.22. The van der Waals surface area contributed by atoms with Crippen molar-refractivity contribution in [2.24, 2.45) is 5.10 Å². The molecule has 0 saturated heterocycles. The van der Waals surface area contributed by atoms with Crippen LogP contribution < -0.4 is 0 Å². The van der Waals surface area contributed by atoms with E-state index in [-0.39, 0.29) is 0 Å². The molecule has 3 nitrogen and oxygen atoms in total. The molecule has 0 aliphatic carbocycles. The van der Waals surface area contributed by atoms with Gasteiger partial charge in [0.25, 0.3) is 0 Å². The van der Waals surface area contributed by atoms with E-state index in [0.29, 0.717) is 6.61 Å². The van der Waals surface area contributed by atoms with E-state index in [1.807, 2.05) is 34.0 Å². The van der Waals surface area contributed by atoms with Crippen LogP contribution in [0.25, 0.3) is 0 Å². The number of rotatable bonds is 4. The first-order valence-corrected chi connectivity index (χ1v) is 3.71. The Labute approximate surface area is 68.3 Å². The van der Waals surface area contributed by atoms with Crippen LogP contribution >= 0.6 is 0 Å². The van der Waals surface area contributed by atoms with E-state index >= 15 is 0 Å².